The molecule has 0 spiro atoms. The predicted molar refractivity (Wildman–Crippen MR) is 127 cm³/mol. The molecule has 4 rings (SSSR count). The van der Waals surface area contributed by atoms with Gasteiger partial charge < -0.3 is 5.32 Å². The number of para-hydroxylation sites is 1. The number of carbonyl (C=O) groups excluding carboxylic acids is 1. The van der Waals surface area contributed by atoms with Gasteiger partial charge in [0.2, 0.25) is 5.91 Å². The summed E-state index contributed by atoms with van der Waals surface area (Å²) in [6.07, 6.45) is 0.238. The van der Waals surface area contributed by atoms with Crippen molar-refractivity contribution in [1.29, 1.82) is 0 Å². The smallest absolute Gasteiger partial charge is 0.231 e. The van der Waals surface area contributed by atoms with Gasteiger partial charge in [-0.2, -0.15) is 0 Å². The fraction of sp³-hybridized carbons (Fsp3) is 0.143. The summed E-state index contributed by atoms with van der Waals surface area (Å²) in [5.74, 6) is 0.243. The summed E-state index contributed by atoms with van der Waals surface area (Å²) in [5, 5.41) is 10.2. The van der Waals surface area contributed by atoms with Crippen molar-refractivity contribution in [3.05, 3.63) is 79.9 Å². The number of hydrogen-bond donors (Lipinski definition) is 1. The van der Waals surface area contributed by atoms with E-state index < -0.39 is 0 Å². The highest BCUT2D eigenvalue weighted by Gasteiger charge is 2.11. The number of anilines is 1. The molecule has 0 radical (unpaired) electrons. The van der Waals surface area contributed by atoms with Gasteiger partial charge in [0.1, 0.15) is 10.8 Å². The maximum atomic E-state index is 13.1. The largest absolute Gasteiger partial charge is 0.325 e. The molecule has 0 aliphatic carbocycles. The normalized spacial score (nSPS) is 10.9. The summed E-state index contributed by atoms with van der Waals surface area (Å²) < 4.78 is 16.2. The van der Waals surface area contributed by atoms with Crippen molar-refractivity contribution in [2.24, 2.45) is 0 Å². The summed E-state index contributed by atoms with van der Waals surface area (Å²) in [6.45, 7) is 1.96. The molecule has 10 heteroatoms. The third-order valence-corrected chi connectivity index (χ3v) is 7.57. The van der Waals surface area contributed by atoms with Gasteiger partial charge >= 0.3 is 0 Å². The van der Waals surface area contributed by atoms with E-state index >= 15 is 0 Å². The zero-order chi connectivity index (χ0) is 21.8. The number of nitrogens with zero attached hydrogens (tertiary/aromatic N) is 3. The first-order chi connectivity index (χ1) is 15.0. The van der Waals surface area contributed by atoms with Crippen LogP contribution in [0.2, 0.25) is 0 Å². The molecule has 2 aromatic heterocycles. The Balaban J connectivity index is 1.35. The first kappa shape index (κ1) is 21.8. The van der Waals surface area contributed by atoms with Gasteiger partial charge in [0, 0.05) is 16.8 Å². The van der Waals surface area contributed by atoms with Gasteiger partial charge in [0.05, 0.1) is 17.8 Å². The minimum atomic E-state index is -0.299. The SMILES string of the molecule is Cc1ccccc1NC(=O)Cc1nc(CSc2nn(-c3ccc(F)cc3)c(=S)s2)cs1. The van der Waals surface area contributed by atoms with E-state index in [0.29, 0.717) is 9.71 Å². The number of halogens is 1. The second-order valence-corrected chi connectivity index (χ2v) is 10.4. The van der Waals surface area contributed by atoms with Crippen LogP contribution in [-0.2, 0) is 17.0 Å². The van der Waals surface area contributed by atoms with Crippen molar-refractivity contribution in [3.8, 4) is 5.69 Å². The third-order valence-electron chi connectivity index (χ3n) is 4.27. The molecule has 0 unspecified atom stereocenters. The number of aryl methyl sites for hydroxylation is 1. The number of rotatable bonds is 7. The first-order valence-electron chi connectivity index (χ1n) is 9.25. The zero-order valence-corrected chi connectivity index (χ0v) is 19.6. The highest BCUT2D eigenvalue weighted by molar-refractivity contribution is 8.00. The first-order valence-corrected chi connectivity index (χ1v) is 12.3. The highest BCUT2D eigenvalue weighted by Crippen LogP contribution is 2.28. The van der Waals surface area contributed by atoms with Gasteiger partial charge in [-0.1, -0.05) is 41.3 Å². The van der Waals surface area contributed by atoms with E-state index in [9.17, 15) is 9.18 Å². The minimum Gasteiger partial charge on any atom is -0.325 e. The molecule has 0 bridgehead atoms. The fourth-order valence-corrected chi connectivity index (χ4v) is 5.89. The standard InChI is InChI=1S/C21H17FN4OS4/c1-13-4-2-3-5-17(13)24-18(27)10-19-23-15(11-29-19)12-30-20-25-26(21(28)31-20)16-8-6-14(22)7-9-16/h2-9,11H,10,12H2,1H3,(H,24,27). The lowest BCUT2D eigenvalue weighted by molar-refractivity contribution is -0.115. The van der Waals surface area contributed by atoms with Crippen molar-refractivity contribution < 1.29 is 9.18 Å². The van der Waals surface area contributed by atoms with E-state index in [1.165, 1.54) is 46.6 Å². The molecule has 5 nitrogen and oxygen atoms in total. The molecule has 0 atom stereocenters. The quantitative estimate of drug-likeness (QED) is 0.254. The molecule has 0 aliphatic heterocycles. The number of thioether (sulfide) groups is 1. The number of thiazole rings is 1. The van der Waals surface area contributed by atoms with Crippen LogP contribution in [0.1, 0.15) is 16.3 Å². The Morgan fingerprint density at radius 1 is 1.23 bits per heavy atom. The van der Waals surface area contributed by atoms with Crippen LogP contribution >= 0.6 is 46.7 Å². The van der Waals surface area contributed by atoms with Crippen LogP contribution in [0.3, 0.4) is 0 Å². The van der Waals surface area contributed by atoms with Crippen molar-refractivity contribution in [1.82, 2.24) is 14.8 Å². The van der Waals surface area contributed by atoms with E-state index in [0.717, 1.165) is 32.0 Å². The van der Waals surface area contributed by atoms with Crippen LogP contribution in [0.15, 0.2) is 58.3 Å². The van der Waals surface area contributed by atoms with Crippen LogP contribution in [-0.4, -0.2) is 20.7 Å². The lowest BCUT2D eigenvalue weighted by Crippen LogP contribution is -2.15. The average molecular weight is 489 g/mol. The van der Waals surface area contributed by atoms with E-state index in [2.05, 4.69) is 15.4 Å². The second kappa shape index (κ2) is 9.82. The van der Waals surface area contributed by atoms with Gasteiger partial charge in [-0.05, 0) is 55.0 Å². The van der Waals surface area contributed by atoms with Crippen LogP contribution in [0.25, 0.3) is 5.69 Å². The maximum absolute atomic E-state index is 13.1. The van der Waals surface area contributed by atoms with Crippen LogP contribution < -0.4 is 5.32 Å². The summed E-state index contributed by atoms with van der Waals surface area (Å²) in [5.41, 5.74) is 3.46. The summed E-state index contributed by atoms with van der Waals surface area (Å²) in [4.78, 5) is 16.9. The Morgan fingerprint density at radius 2 is 2.00 bits per heavy atom. The monoisotopic (exact) mass is 488 g/mol. The second-order valence-electron chi connectivity index (χ2n) is 6.58. The molecule has 1 amide bonds. The summed E-state index contributed by atoms with van der Waals surface area (Å²) >= 11 is 9.79. The van der Waals surface area contributed by atoms with E-state index in [1.54, 1.807) is 16.8 Å². The number of aromatic nitrogens is 3. The zero-order valence-electron chi connectivity index (χ0n) is 16.4. The fourth-order valence-electron chi connectivity index (χ4n) is 2.74. The molecule has 0 saturated heterocycles. The minimum absolute atomic E-state index is 0.0844. The number of nitrogens with one attached hydrogen (secondary N) is 1. The molecule has 31 heavy (non-hydrogen) atoms. The van der Waals surface area contributed by atoms with Gasteiger partial charge in [0.25, 0.3) is 0 Å². The average Bonchev–Trinajstić information content (AvgIpc) is 3.35. The number of amides is 1. The highest BCUT2D eigenvalue weighted by atomic mass is 32.2. The van der Waals surface area contributed by atoms with Gasteiger partial charge in [-0.3, -0.25) is 4.79 Å². The molecule has 1 N–H and O–H groups in total. The van der Waals surface area contributed by atoms with Crippen molar-refractivity contribution in [3.63, 3.8) is 0 Å². The van der Waals surface area contributed by atoms with Gasteiger partial charge in [-0.15, -0.1) is 16.4 Å². The molecule has 2 heterocycles. The van der Waals surface area contributed by atoms with Crippen molar-refractivity contribution >= 4 is 58.2 Å². The van der Waals surface area contributed by atoms with Crippen LogP contribution in [0, 0.1) is 16.7 Å². The Bertz CT molecular complexity index is 1260. The van der Waals surface area contributed by atoms with E-state index in [4.69, 9.17) is 12.2 Å². The van der Waals surface area contributed by atoms with Crippen molar-refractivity contribution in [2.45, 2.75) is 23.4 Å². The Kier molecular flexibility index (Phi) is 6.91. The van der Waals surface area contributed by atoms with Gasteiger partial charge in [-0.25, -0.2) is 14.1 Å². The molecule has 4 aromatic rings. The topological polar surface area (TPSA) is 59.8 Å². The molecule has 0 aliphatic rings. The lowest BCUT2D eigenvalue weighted by Gasteiger charge is -2.06. The molecule has 158 valence electrons. The van der Waals surface area contributed by atoms with E-state index in [-0.39, 0.29) is 18.1 Å². The van der Waals surface area contributed by atoms with E-state index in [1.807, 2.05) is 36.6 Å². The molecule has 0 saturated carbocycles. The molecule has 0 fully saturated rings. The third kappa shape index (κ3) is 5.65. The Labute approximate surface area is 196 Å². The van der Waals surface area contributed by atoms with Crippen LogP contribution in [0.4, 0.5) is 10.1 Å². The Morgan fingerprint density at radius 3 is 2.77 bits per heavy atom. The lowest BCUT2D eigenvalue weighted by atomic mass is 10.2. The molecular weight excluding hydrogens is 472 g/mol. The number of benzene rings is 2. The number of hydrogen-bond acceptors (Lipinski definition) is 7. The molecular formula is C21H17FN4OS4. The van der Waals surface area contributed by atoms with Crippen LogP contribution in [0.5, 0.6) is 0 Å². The summed E-state index contributed by atoms with van der Waals surface area (Å²) in [7, 11) is 0. The maximum Gasteiger partial charge on any atom is 0.231 e. The summed E-state index contributed by atoms with van der Waals surface area (Å²) in [6, 6.07) is 13.7. The van der Waals surface area contributed by atoms with Crippen molar-refractivity contribution in [2.75, 3.05) is 5.32 Å². The predicted octanol–water partition coefficient (Wildman–Crippen LogP) is 6.04. The molecule has 2 aromatic carbocycles. The number of carbonyl (C=O) groups is 1. The van der Waals surface area contributed by atoms with Gasteiger partial charge in [0.15, 0.2) is 8.29 Å². The Hall–Kier alpha value is -2.40.